The number of piperidine rings is 1. The van der Waals surface area contributed by atoms with Crippen LogP contribution in [0.5, 0.6) is 11.5 Å². The van der Waals surface area contributed by atoms with E-state index in [0.29, 0.717) is 24.2 Å². The summed E-state index contributed by atoms with van der Waals surface area (Å²) >= 11 is 0. The van der Waals surface area contributed by atoms with Crippen molar-refractivity contribution in [3.63, 3.8) is 0 Å². The summed E-state index contributed by atoms with van der Waals surface area (Å²) in [4.78, 5) is 12.7. The number of likely N-dealkylation sites (N-methyl/N-ethyl adjacent to an activating group) is 1. The van der Waals surface area contributed by atoms with E-state index in [-0.39, 0.29) is 11.5 Å². The number of ether oxygens (including phenoxy) is 2. The number of carbonyl (C=O) groups is 1. The number of Topliss-reactive ketones (excluding diaryl/α,β-unsaturated/α-hetero) is 1. The van der Waals surface area contributed by atoms with E-state index in [0.717, 1.165) is 41.8 Å². The minimum atomic E-state index is -0.259. The van der Waals surface area contributed by atoms with Crippen LogP contribution in [0.1, 0.15) is 30.4 Å². The zero-order valence-corrected chi connectivity index (χ0v) is 14.1. The predicted octanol–water partition coefficient (Wildman–Crippen LogP) is 2.08. The number of hydrogen-bond acceptors (Lipinski definition) is 3. The largest absolute Gasteiger partial charge is 0.496 e. The summed E-state index contributed by atoms with van der Waals surface area (Å²) < 4.78 is 13.0. The highest BCUT2D eigenvalue weighted by Crippen LogP contribution is 2.63. The van der Waals surface area contributed by atoms with Crippen LogP contribution in [0.25, 0.3) is 0 Å². The Kier molecular flexibility index (Phi) is 2.47. The number of benzene rings is 1. The maximum Gasteiger partial charge on any atom is 0.174 e. The van der Waals surface area contributed by atoms with Crippen LogP contribution in [0.4, 0.5) is 0 Å². The van der Waals surface area contributed by atoms with Gasteiger partial charge in [-0.05, 0) is 18.6 Å². The second-order valence-corrected chi connectivity index (χ2v) is 8.29. The molecule has 2 heterocycles. The van der Waals surface area contributed by atoms with Gasteiger partial charge in [-0.1, -0.05) is 0 Å². The Balaban J connectivity index is 1.82. The summed E-state index contributed by atoms with van der Waals surface area (Å²) in [6, 6.07) is 4.59. The van der Waals surface area contributed by atoms with Gasteiger partial charge in [0.1, 0.15) is 11.5 Å². The molecule has 4 atom stereocenters. The van der Waals surface area contributed by atoms with Crippen molar-refractivity contribution in [2.75, 3.05) is 27.7 Å². The molecule has 23 heavy (non-hydrogen) atoms. The lowest BCUT2D eigenvalue weighted by molar-refractivity contribution is -0.927. The van der Waals surface area contributed by atoms with Crippen molar-refractivity contribution in [1.82, 2.24) is 0 Å². The third kappa shape index (κ3) is 1.44. The van der Waals surface area contributed by atoms with Crippen LogP contribution >= 0.6 is 0 Å². The number of methoxy groups -OCH3 is 1. The smallest absolute Gasteiger partial charge is 0.174 e. The number of nitrogens with zero attached hydrogens (tertiary/aromatic N) is 1. The lowest BCUT2D eigenvalue weighted by atomic mass is 9.51. The Hall–Kier alpha value is -1.55. The molecule has 4 nitrogen and oxygen atoms in total. The third-order valence-corrected chi connectivity index (χ3v) is 7.16. The van der Waals surface area contributed by atoms with Gasteiger partial charge in [0.25, 0.3) is 0 Å². The maximum atomic E-state index is 12.7. The fourth-order valence-electron chi connectivity index (χ4n) is 6.09. The summed E-state index contributed by atoms with van der Waals surface area (Å²) in [7, 11) is 6.44. The molecule has 0 N–H and O–H groups in total. The lowest BCUT2D eigenvalue weighted by Crippen LogP contribution is -2.70. The van der Waals surface area contributed by atoms with E-state index in [4.69, 9.17) is 9.47 Å². The van der Waals surface area contributed by atoms with Gasteiger partial charge in [-0.2, -0.15) is 0 Å². The van der Waals surface area contributed by atoms with Gasteiger partial charge in [0.2, 0.25) is 0 Å². The summed E-state index contributed by atoms with van der Waals surface area (Å²) in [6.45, 7) is 1.12. The third-order valence-electron chi connectivity index (χ3n) is 7.16. The van der Waals surface area contributed by atoms with E-state index < -0.39 is 0 Å². The SMILES string of the molecule is COc1ccc2c3c1C[C@H]1[C@@H]4CCC(=O)C(O2)[C@@]34CC[N+]1(C)C. The molecule has 1 saturated heterocycles. The molecule has 4 aliphatic rings. The highest BCUT2D eigenvalue weighted by atomic mass is 16.5. The molecular formula is C19H24NO3+. The van der Waals surface area contributed by atoms with E-state index in [9.17, 15) is 4.79 Å². The summed E-state index contributed by atoms with van der Waals surface area (Å²) in [5, 5.41) is 0. The second kappa shape index (κ2) is 4.10. The first kappa shape index (κ1) is 13.8. The minimum Gasteiger partial charge on any atom is -0.496 e. The molecule has 0 aromatic heterocycles. The highest BCUT2D eigenvalue weighted by molar-refractivity contribution is 5.88. The molecule has 5 rings (SSSR count). The topological polar surface area (TPSA) is 35.5 Å². The van der Waals surface area contributed by atoms with Gasteiger partial charge in [0.15, 0.2) is 11.9 Å². The van der Waals surface area contributed by atoms with Crippen LogP contribution in [0.3, 0.4) is 0 Å². The normalized spacial score (nSPS) is 38.7. The number of carbonyl (C=O) groups excluding carboxylic acids is 1. The molecule has 1 unspecified atom stereocenters. The number of hydrogen-bond donors (Lipinski definition) is 0. The van der Waals surface area contributed by atoms with Crippen LogP contribution in [0.2, 0.25) is 0 Å². The van der Waals surface area contributed by atoms with Crippen LogP contribution < -0.4 is 9.47 Å². The Labute approximate surface area is 137 Å². The lowest BCUT2D eigenvalue weighted by Gasteiger charge is -2.59. The van der Waals surface area contributed by atoms with Crippen molar-refractivity contribution >= 4 is 5.78 Å². The molecule has 0 radical (unpaired) electrons. The molecule has 4 heteroatoms. The number of rotatable bonds is 1. The standard InChI is InChI=1S/C19H24NO3/c1-20(2)9-8-19-12-4-5-14(21)18(19)23-16-7-6-15(22-3)11(17(16)19)10-13(12)20/h6-7,12-13,18H,4-5,8-10H2,1-3H3/q+1/t12-,13-,18?,19+/m0/s1. The fourth-order valence-corrected chi connectivity index (χ4v) is 6.09. The molecule has 2 fully saturated rings. The van der Waals surface area contributed by atoms with Gasteiger partial charge in [-0.15, -0.1) is 0 Å². The molecular weight excluding hydrogens is 290 g/mol. The molecule has 0 amide bonds. The molecule has 1 spiro atoms. The molecule has 1 aromatic rings. The zero-order chi connectivity index (χ0) is 16.0. The summed E-state index contributed by atoms with van der Waals surface area (Å²) in [6.07, 6.45) is 3.51. The van der Waals surface area contributed by atoms with E-state index >= 15 is 0 Å². The maximum absolute atomic E-state index is 12.7. The van der Waals surface area contributed by atoms with Gasteiger partial charge in [0.05, 0.1) is 39.2 Å². The van der Waals surface area contributed by atoms with Crippen molar-refractivity contribution in [3.8, 4) is 11.5 Å². The Morgan fingerprint density at radius 3 is 2.96 bits per heavy atom. The van der Waals surface area contributed by atoms with Crippen molar-refractivity contribution in [2.24, 2.45) is 5.92 Å². The average Bonchev–Trinajstić information content (AvgIpc) is 2.87. The van der Waals surface area contributed by atoms with Crippen LogP contribution in [0, 0.1) is 5.92 Å². The summed E-state index contributed by atoms with van der Waals surface area (Å²) in [5.41, 5.74) is 2.52. The van der Waals surface area contributed by atoms with E-state index in [1.807, 2.05) is 12.1 Å². The van der Waals surface area contributed by atoms with E-state index in [1.54, 1.807) is 7.11 Å². The molecule has 2 aliphatic carbocycles. The first-order valence-corrected chi connectivity index (χ1v) is 8.71. The Morgan fingerprint density at radius 1 is 1.35 bits per heavy atom. The van der Waals surface area contributed by atoms with E-state index in [2.05, 4.69) is 14.1 Å². The van der Waals surface area contributed by atoms with Crippen LogP contribution in [0.15, 0.2) is 12.1 Å². The molecule has 2 bridgehead atoms. The van der Waals surface area contributed by atoms with Crippen molar-refractivity contribution in [3.05, 3.63) is 23.3 Å². The number of ketones is 1. The van der Waals surface area contributed by atoms with Gasteiger partial charge in [-0.3, -0.25) is 4.79 Å². The molecule has 1 aromatic carbocycles. The van der Waals surface area contributed by atoms with Crippen molar-refractivity contribution in [2.45, 2.75) is 43.2 Å². The Bertz CT molecular complexity index is 726. The molecule has 1 saturated carbocycles. The zero-order valence-electron chi connectivity index (χ0n) is 14.1. The fraction of sp³-hybridized carbons (Fsp3) is 0.632. The number of quaternary nitrogens is 1. The van der Waals surface area contributed by atoms with Gasteiger partial charge in [0, 0.05) is 36.3 Å². The Morgan fingerprint density at radius 2 is 2.17 bits per heavy atom. The molecule has 2 aliphatic heterocycles. The minimum absolute atomic E-state index is 0.0920. The first-order valence-electron chi connectivity index (χ1n) is 8.71. The molecule has 122 valence electrons. The van der Waals surface area contributed by atoms with Gasteiger partial charge in [-0.25, -0.2) is 0 Å². The average molecular weight is 314 g/mol. The van der Waals surface area contributed by atoms with Gasteiger partial charge >= 0.3 is 0 Å². The van der Waals surface area contributed by atoms with Gasteiger partial charge < -0.3 is 14.0 Å². The first-order chi connectivity index (χ1) is 11.0. The number of likely N-dealkylation sites (tertiary alicyclic amines) is 1. The predicted molar refractivity (Wildman–Crippen MR) is 85.9 cm³/mol. The van der Waals surface area contributed by atoms with E-state index in [1.165, 1.54) is 11.1 Å². The highest BCUT2D eigenvalue weighted by Gasteiger charge is 2.68. The quantitative estimate of drug-likeness (QED) is 0.745. The van der Waals surface area contributed by atoms with Crippen LogP contribution in [-0.2, 0) is 16.6 Å². The van der Waals surface area contributed by atoms with Crippen LogP contribution in [-0.4, -0.2) is 50.2 Å². The summed E-state index contributed by atoms with van der Waals surface area (Å²) in [5.74, 6) is 2.76. The monoisotopic (exact) mass is 314 g/mol. The van der Waals surface area contributed by atoms with Crippen molar-refractivity contribution < 1.29 is 18.8 Å². The second-order valence-electron chi connectivity index (χ2n) is 8.29. The van der Waals surface area contributed by atoms with Crippen molar-refractivity contribution in [1.29, 1.82) is 0 Å².